The van der Waals surface area contributed by atoms with Gasteiger partial charge in [0, 0.05) is 11.1 Å². The number of carbonyl (C=O) groups is 2. The molecule has 1 rings (SSSR count). The highest BCUT2D eigenvalue weighted by molar-refractivity contribution is 5.80. The summed E-state index contributed by atoms with van der Waals surface area (Å²) in [7, 11) is 1.53. The average Bonchev–Trinajstić information content (AvgIpc) is 2.31. The summed E-state index contributed by atoms with van der Waals surface area (Å²) < 4.78 is 10.0. The van der Waals surface area contributed by atoms with E-state index in [4.69, 9.17) is 9.47 Å². The second-order valence-electron chi connectivity index (χ2n) is 3.61. The Morgan fingerprint density at radius 3 is 2.65 bits per heavy atom. The van der Waals surface area contributed by atoms with Crippen LogP contribution in [0.2, 0.25) is 0 Å². The van der Waals surface area contributed by atoms with Crippen LogP contribution in [0, 0.1) is 6.92 Å². The van der Waals surface area contributed by atoms with Gasteiger partial charge in [-0.2, -0.15) is 0 Å². The molecule has 0 fully saturated rings. The van der Waals surface area contributed by atoms with E-state index in [0.29, 0.717) is 23.5 Å². The maximum atomic E-state index is 11.3. The van der Waals surface area contributed by atoms with E-state index < -0.39 is 0 Å². The van der Waals surface area contributed by atoms with Gasteiger partial charge < -0.3 is 9.47 Å². The van der Waals surface area contributed by atoms with E-state index in [-0.39, 0.29) is 12.4 Å². The van der Waals surface area contributed by atoms with Crippen LogP contribution >= 0.6 is 0 Å². The minimum Gasteiger partial charge on any atom is -0.496 e. The number of esters is 1. The van der Waals surface area contributed by atoms with Crippen LogP contribution < -0.4 is 4.74 Å². The number of carbonyl (C=O) groups excluding carboxylic acids is 2. The molecule has 1 aromatic carbocycles. The lowest BCUT2D eigenvalue weighted by Gasteiger charge is -2.10. The molecule has 0 heterocycles. The molecule has 17 heavy (non-hydrogen) atoms. The molecule has 0 radical (unpaired) electrons. The van der Waals surface area contributed by atoms with Gasteiger partial charge in [-0.25, -0.2) is 0 Å². The first-order chi connectivity index (χ1) is 8.12. The first kappa shape index (κ1) is 13.2. The zero-order valence-corrected chi connectivity index (χ0v) is 10.3. The van der Waals surface area contributed by atoms with Gasteiger partial charge in [-0.15, -0.1) is 0 Å². The summed E-state index contributed by atoms with van der Waals surface area (Å²) in [5.41, 5.74) is 2.02. The summed E-state index contributed by atoms with van der Waals surface area (Å²) >= 11 is 0. The van der Waals surface area contributed by atoms with E-state index in [2.05, 4.69) is 0 Å². The van der Waals surface area contributed by atoms with Crippen molar-refractivity contribution in [3.05, 3.63) is 28.8 Å². The highest BCUT2D eigenvalue weighted by Crippen LogP contribution is 2.23. The fraction of sp³-hybridized carbons (Fsp3) is 0.385. The molecule has 0 spiro atoms. The van der Waals surface area contributed by atoms with Crippen molar-refractivity contribution in [2.45, 2.75) is 20.3 Å². The highest BCUT2D eigenvalue weighted by atomic mass is 16.5. The van der Waals surface area contributed by atoms with Crippen LogP contribution in [0.1, 0.15) is 28.4 Å². The van der Waals surface area contributed by atoms with Gasteiger partial charge in [0.2, 0.25) is 0 Å². The molecule has 0 saturated carbocycles. The second kappa shape index (κ2) is 6.03. The van der Waals surface area contributed by atoms with E-state index in [1.165, 1.54) is 7.11 Å². The predicted octanol–water partition coefficient (Wildman–Crippen LogP) is 1.92. The fourth-order valence-corrected chi connectivity index (χ4v) is 1.58. The first-order valence-electron chi connectivity index (χ1n) is 5.40. The van der Waals surface area contributed by atoms with Crippen LogP contribution in [0.15, 0.2) is 12.1 Å². The van der Waals surface area contributed by atoms with Crippen molar-refractivity contribution in [1.82, 2.24) is 0 Å². The molecule has 0 aromatic heterocycles. The number of hydrogen-bond acceptors (Lipinski definition) is 4. The minimum absolute atomic E-state index is 0.144. The molecule has 0 amide bonds. The predicted molar refractivity (Wildman–Crippen MR) is 63.5 cm³/mol. The molecule has 0 bridgehead atoms. The summed E-state index contributed by atoms with van der Waals surface area (Å²) in [6.45, 7) is 3.91. The number of hydrogen-bond donors (Lipinski definition) is 0. The van der Waals surface area contributed by atoms with Gasteiger partial charge in [0.15, 0.2) is 0 Å². The maximum absolute atomic E-state index is 11.3. The van der Waals surface area contributed by atoms with Gasteiger partial charge in [0.1, 0.15) is 12.0 Å². The SMILES string of the molecule is CCOC(=O)Cc1cc(C=O)c(C)c(OC)c1. The van der Waals surface area contributed by atoms with Crippen molar-refractivity contribution in [1.29, 1.82) is 0 Å². The van der Waals surface area contributed by atoms with E-state index in [9.17, 15) is 9.59 Å². The van der Waals surface area contributed by atoms with E-state index in [0.717, 1.165) is 11.8 Å². The van der Waals surface area contributed by atoms with Gasteiger partial charge in [0.25, 0.3) is 0 Å². The molecule has 0 N–H and O–H groups in total. The molecule has 4 heteroatoms. The topological polar surface area (TPSA) is 52.6 Å². The minimum atomic E-state index is -0.310. The van der Waals surface area contributed by atoms with Gasteiger partial charge in [-0.1, -0.05) is 0 Å². The Hall–Kier alpha value is -1.84. The third kappa shape index (κ3) is 3.31. The van der Waals surface area contributed by atoms with Crippen LogP contribution in [-0.2, 0) is 16.0 Å². The molecule has 1 aromatic rings. The molecular weight excluding hydrogens is 220 g/mol. The summed E-state index contributed by atoms with van der Waals surface area (Å²) in [6, 6.07) is 3.43. The zero-order valence-electron chi connectivity index (χ0n) is 10.3. The Morgan fingerprint density at radius 1 is 1.41 bits per heavy atom. The molecular formula is C13H16O4. The molecule has 0 aliphatic carbocycles. The lowest BCUT2D eigenvalue weighted by Crippen LogP contribution is -2.08. The quantitative estimate of drug-likeness (QED) is 0.579. The van der Waals surface area contributed by atoms with Crippen molar-refractivity contribution in [3.63, 3.8) is 0 Å². The van der Waals surface area contributed by atoms with Gasteiger partial charge in [-0.3, -0.25) is 9.59 Å². The standard InChI is InChI=1S/C13H16O4/c1-4-17-13(15)7-10-5-11(8-14)9(2)12(6-10)16-3/h5-6,8H,4,7H2,1-3H3. The van der Waals surface area contributed by atoms with Gasteiger partial charge in [0.05, 0.1) is 20.1 Å². The lowest BCUT2D eigenvalue weighted by atomic mass is 10.0. The molecule has 0 aliphatic rings. The Bertz CT molecular complexity index is 424. The van der Waals surface area contributed by atoms with E-state index in [1.54, 1.807) is 26.0 Å². The summed E-state index contributed by atoms with van der Waals surface area (Å²) in [5.74, 6) is 0.296. The Morgan fingerprint density at radius 2 is 2.12 bits per heavy atom. The van der Waals surface area contributed by atoms with Crippen LogP contribution in [-0.4, -0.2) is 26.0 Å². The number of aldehydes is 1. The number of ether oxygens (including phenoxy) is 2. The summed E-state index contributed by atoms with van der Waals surface area (Å²) in [4.78, 5) is 22.2. The van der Waals surface area contributed by atoms with Crippen molar-refractivity contribution in [3.8, 4) is 5.75 Å². The Labute approximate surface area is 101 Å². The van der Waals surface area contributed by atoms with Crippen LogP contribution in [0.5, 0.6) is 5.75 Å². The maximum Gasteiger partial charge on any atom is 0.310 e. The molecule has 0 aliphatic heterocycles. The summed E-state index contributed by atoms with van der Waals surface area (Å²) in [5, 5.41) is 0. The van der Waals surface area contributed by atoms with Crippen molar-refractivity contribution < 1.29 is 19.1 Å². The van der Waals surface area contributed by atoms with E-state index in [1.807, 2.05) is 0 Å². The van der Waals surface area contributed by atoms with E-state index >= 15 is 0 Å². The zero-order chi connectivity index (χ0) is 12.8. The average molecular weight is 236 g/mol. The third-order valence-corrected chi connectivity index (χ3v) is 2.46. The fourth-order valence-electron chi connectivity index (χ4n) is 1.58. The van der Waals surface area contributed by atoms with Gasteiger partial charge in [-0.05, 0) is 31.5 Å². The molecule has 92 valence electrons. The molecule has 0 saturated heterocycles. The van der Waals surface area contributed by atoms with Crippen molar-refractivity contribution >= 4 is 12.3 Å². The monoisotopic (exact) mass is 236 g/mol. The second-order valence-corrected chi connectivity index (χ2v) is 3.61. The molecule has 0 unspecified atom stereocenters. The van der Waals surface area contributed by atoms with Crippen LogP contribution in [0.4, 0.5) is 0 Å². The normalized spacial score (nSPS) is 9.82. The Balaban J connectivity index is 3.00. The summed E-state index contributed by atoms with van der Waals surface area (Å²) in [6.07, 6.45) is 0.901. The molecule has 0 atom stereocenters. The smallest absolute Gasteiger partial charge is 0.310 e. The number of rotatable bonds is 5. The van der Waals surface area contributed by atoms with Crippen molar-refractivity contribution in [2.24, 2.45) is 0 Å². The molecule has 4 nitrogen and oxygen atoms in total. The lowest BCUT2D eigenvalue weighted by molar-refractivity contribution is -0.142. The van der Waals surface area contributed by atoms with Crippen LogP contribution in [0.3, 0.4) is 0 Å². The first-order valence-corrected chi connectivity index (χ1v) is 5.40. The van der Waals surface area contributed by atoms with Crippen LogP contribution in [0.25, 0.3) is 0 Å². The highest BCUT2D eigenvalue weighted by Gasteiger charge is 2.10. The largest absolute Gasteiger partial charge is 0.496 e. The van der Waals surface area contributed by atoms with Gasteiger partial charge >= 0.3 is 5.97 Å². The Kier molecular flexibility index (Phi) is 4.69. The number of benzene rings is 1. The van der Waals surface area contributed by atoms with Crippen molar-refractivity contribution in [2.75, 3.05) is 13.7 Å². The third-order valence-electron chi connectivity index (χ3n) is 2.46. The number of methoxy groups -OCH3 is 1.